The van der Waals surface area contributed by atoms with Crippen LogP contribution in [-0.4, -0.2) is 83.9 Å². The van der Waals surface area contributed by atoms with Gasteiger partial charge in [-0.2, -0.15) is 13.1 Å². The van der Waals surface area contributed by atoms with Crippen molar-refractivity contribution in [2.45, 2.75) is 52.7 Å². The molecule has 0 saturated heterocycles. The van der Waals surface area contributed by atoms with Gasteiger partial charge in [-0.25, -0.2) is 14.3 Å². The van der Waals surface area contributed by atoms with Gasteiger partial charge in [-0.1, -0.05) is 0 Å². The van der Waals surface area contributed by atoms with Crippen LogP contribution >= 0.6 is 0 Å². The number of hydrogen-bond acceptors (Lipinski definition) is 10. The van der Waals surface area contributed by atoms with E-state index in [4.69, 9.17) is 18.9 Å². The van der Waals surface area contributed by atoms with Crippen molar-refractivity contribution in [2.75, 3.05) is 46.1 Å². The third-order valence-corrected chi connectivity index (χ3v) is 3.75. The molecular weight excluding hydrogens is 450 g/mol. The topological polar surface area (TPSA) is 168 Å². The molecule has 32 heavy (non-hydrogen) atoms. The fourth-order valence-corrected chi connectivity index (χ4v) is 2.42. The maximum Gasteiger partial charge on any atom is 0.421 e. The first kappa shape index (κ1) is 29.8. The van der Waals surface area contributed by atoms with E-state index >= 15 is 0 Å². The maximum atomic E-state index is 11.7. The highest BCUT2D eigenvalue weighted by Gasteiger charge is 2.20. The molecule has 0 aliphatic rings. The van der Waals surface area contributed by atoms with Crippen LogP contribution in [-0.2, 0) is 38.7 Å². The van der Waals surface area contributed by atoms with E-state index in [0.29, 0.717) is 0 Å². The number of amides is 2. The summed E-state index contributed by atoms with van der Waals surface area (Å²) < 4.78 is 51.9. The lowest BCUT2D eigenvalue weighted by atomic mass is 10.2. The number of esters is 1. The minimum Gasteiger partial charge on any atom is -0.459 e. The van der Waals surface area contributed by atoms with Gasteiger partial charge in [0, 0.05) is 6.54 Å². The normalized spacial score (nSPS) is 12.1. The number of nitrogens with one attached hydrogen (secondary N) is 3. The van der Waals surface area contributed by atoms with Crippen LogP contribution < -0.4 is 14.8 Å². The van der Waals surface area contributed by atoms with Crippen LogP contribution in [0.1, 0.15) is 41.5 Å². The van der Waals surface area contributed by atoms with Gasteiger partial charge in [0.1, 0.15) is 24.4 Å². The molecule has 0 radical (unpaired) electrons. The molecule has 2 amide bonds. The van der Waals surface area contributed by atoms with Crippen LogP contribution in [0.25, 0.3) is 0 Å². The summed E-state index contributed by atoms with van der Waals surface area (Å²) in [4.78, 5) is 34.4. The van der Waals surface area contributed by atoms with Crippen molar-refractivity contribution in [1.29, 1.82) is 0 Å². The highest BCUT2D eigenvalue weighted by Crippen LogP contribution is 2.06. The lowest BCUT2D eigenvalue weighted by Gasteiger charge is -2.19. The van der Waals surface area contributed by atoms with Crippen molar-refractivity contribution in [3.05, 3.63) is 0 Å². The Morgan fingerprint density at radius 2 is 1.28 bits per heavy atom. The second-order valence-electron chi connectivity index (χ2n) is 8.30. The molecule has 0 aromatic rings. The maximum absolute atomic E-state index is 11.7. The SMILES string of the molecule is CC(C)(C)OC(=O)CNS(=O)(=O)NC(=O)OCCOCCOCCNC(=O)OC(C)(C)C. The van der Waals surface area contributed by atoms with Crippen molar-refractivity contribution in [2.24, 2.45) is 0 Å². The number of alkyl carbamates (subject to hydrolysis) is 1. The number of hydrogen-bond donors (Lipinski definition) is 3. The van der Waals surface area contributed by atoms with Crippen LogP contribution in [0.3, 0.4) is 0 Å². The molecule has 0 rings (SSSR count). The Balaban J connectivity index is 3.74. The van der Waals surface area contributed by atoms with E-state index in [2.05, 4.69) is 10.1 Å². The lowest BCUT2D eigenvalue weighted by molar-refractivity contribution is -0.153. The third kappa shape index (κ3) is 19.8. The summed E-state index contributed by atoms with van der Waals surface area (Å²) in [5.74, 6) is -0.799. The zero-order chi connectivity index (χ0) is 24.8. The smallest absolute Gasteiger partial charge is 0.421 e. The Hall–Kier alpha value is -2.16. The number of carbonyl (C=O) groups is 3. The van der Waals surface area contributed by atoms with Gasteiger partial charge in [-0.3, -0.25) is 4.79 Å². The molecule has 0 bridgehead atoms. The summed E-state index contributed by atoms with van der Waals surface area (Å²) in [7, 11) is -4.28. The van der Waals surface area contributed by atoms with Crippen molar-refractivity contribution in [3.63, 3.8) is 0 Å². The molecule has 0 aromatic carbocycles. The van der Waals surface area contributed by atoms with E-state index in [9.17, 15) is 22.8 Å². The molecule has 0 aliphatic carbocycles. The van der Waals surface area contributed by atoms with Crippen LogP contribution in [0.4, 0.5) is 9.59 Å². The Kier molecular flexibility index (Phi) is 13.1. The Labute approximate surface area is 189 Å². The summed E-state index contributed by atoms with van der Waals surface area (Å²) in [5.41, 5.74) is -1.34. The zero-order valence-corrected chi connectivity index (χ0v) is 20.3. The van der Waals surface area contributed by atoms with Crippen LogP contribution in [0, 0.1) is 0 Å². The van der Waals surface area contributed by atoms with Crippen molar-refractivity contribution < 1.29 is 46.5 Å². The molecule has 0 unspecified atom stereocenters. The zero-order valence-electron chi connectivity index (χ0n) is 19.4. The minimum absolute atomic E-state index is 0.0122. The predicted molar refractivity (Wildman–Crippen MR) is 113 cm³/mol. The van der Waals surface area contributed by atoms with E-state index in [1.54, 1.807) is 46.3 Å². The molecule has 0 heterocycles. The molecule has 0 fully saturated rings. The predicted octanol–water partition coefficient (Wildman–Crippen LogP) is 0.447. The average molecular weight is 486 g/mol. The van der Waals surface area contributed by atoms with Gasteiger partial charge in [0.05, 0.1) is 26.4 Å². The first-order chi connectivity index (χ1) is 14.6. The van der Waals surface area contributed by atoms with E-state index in [0.717, 1.165) is 0 Å². The third-order valence-electron chi connectivity index (χ3n) is 2.79. The number of rotatable bonds is 13. The molecule has 0 aliphatic heterocycles. The summed E-state index contributed by atoms with van der Waals surface area (Å²) in [5, 5.41) is 2.54. The van der Waals surface area contributed by atoms with Crippen molar-refractivity contribution >= 4 is 28.4 Å². The van der Waals surface area contributed by atoms with Crippen LogP contribution in [0.15, 0.2) is 0 Å². The standard InChI is InChI=1S/C18H35N3O10S/c1-17(2,3)30-14(22)13-20-32(25,26)21-16(24)29-12-11-28-10-9-27-8-7-19-15(23)31-18(4,5)6/h20H,7-13H2,1-6H3,(H,19,23)(H,21,24). The number of ether oxygens (including phenoxy) is 5. The average Bonchev–Trinajstić information content (AvgIpc) is 2.58. The Morgan fingerprint density at radius 3 is 1.84 bits per heavy atom. The highest BCUT2D eigenvalue weighted by molar-refractivity contribution is 7.88. The van der Waals surface area contributed by atoms with Crippen LogP contribution in [0.5, 0.6) is 0 Å². The van der Waals surface area contributed by atoms with Gasteiger partial charge in [0.25, 0.3) is 0 Å². The first-order valence-corrected chi connectivity index (χ1v) is 11.4. The van der Waals surface area contributed by atoms with E-state index in [-0.39, 0.29) is 39.6 Å². The second-order valence-corrected chi connectivity index (χ2v) is 9.80. The van der Waals surface area contributed by atoms with Gasteiger partial charge < -0.3 is 29.0 Å². The van der Waals surface area contributed by atoms with Gasteiger partial charge in [-0.05, 0) is 41.5 Å². The lowest BCUT2D eigenvalue weighted by Crippen LogP contribution is -2.43. The van der Waals surface area contributed by atoms with Gasteiger partial charge in [0.2, 0.25) is 0 Å². The fraction of sp³-hybridized carbons (Fsp3) is 0.833. The Morgan fingerprint density at radius 1 is 0.750 bits per heavy atom. The summed E-state index contributed by atoms with van der Waals surface area (Å²) >= 11 is 0. The first-order valence-electron chi connectivity index (χ1n) is 9.88. The van der Waals surface area contributed by atoms with E-state index < -0.39 is 46.1 Å². The van der Waals surface area contributed by atoms with E-state index in [1.165, 1.54) is 0 Å². The van der Waals surface area contributed by atoms with Gasteiger partial charge in [-0.15, -0.1) is 0 Å². The summed E-state index contributed by atoms with van der Waals surface area (Å²) in [6, 6.07) is 0. The highest BCUT2D eigenvalue weighted by atomic mass is 32.2. The molecule has 0 atom stereocenters. The molecule has 13 nitrogen and oxygen atoms in total. The van der Waals surface area contributed by atoms with Crippen molar-refractivity contribution in [3.8, 4) is 0 Å². The fourth-order valence-electron chi connectivity index (χ4n) is 1.76. The molecular formula is C18H35N3O10S. The largest absolute Gasteiger partial charge is 0.459 e. The summed E-state index contributed by atoms with van der Waals surface area (Å²) in [6.45, 7) is 10.3. The number of carbonyl (C=O) groups excluding carboxylic acids is 3. The molecule has 0 saturated carbocycles. The molecule has 14 heteroatoms. The van der Waals surface area contributed by atoms with Crippen molar-refractivity contribution in [1.82, 2.24) is 14.8 Å². The quantitative estimate of drug-likeness (QED) is 0.189. The molecule has 0 spiro atoms. The Bertz CT molecular complexity index is 699. The van der Waals surface area contributed by atoms with Gasteiger partial charge >= 0.3 is 28.4 Å². The molecule has 3 N–H and O–H groups in total. The monoisotopic (exact) mass is 485 g/mol. The molecule has 0 aromatic heterocycles. The summed E-state index contributed by atoms with van der Waals surface area (Å²) in [6.07, 6.45) is -1.76. The minimum atomic E-state index is -4.28. The molecule has 188 valence electrons. The van der Waals surface area contributed by atoms with Gasteiger partial charge in [0.15, 0.2) is 0 Å². The van der Waals surface area contributed by atoms with E-state index in [1.807, 2.05) is 4.72 Å². The van der Waals surface area contributed by atoms with Crippen LogP contribution in [0.2, 0.25) is 0 Å². The second kappa shape index (κ2) is 14.1.